The summed E-state index contributed by atoms with van der Waals surface area (Å²) in [5, 5.41) is 3.05. The van der Waals surface area contributed by atoms with Crippen LogP contribution in [0.3, 0.4) is 0 Å². The molecule has 25 heavy (non-hydrogen) atoms. The lowest BCUT2D eigenvalue weighted by molar-refractivity contribution is 0.0943. The summed E-state index contributed by atoms with van der Waals surface area (Å²) in [7, 11) is 1.67. The van der Waals surface area contributed by atoms with Crippen molar-refractivity contribution in [3.63, 3.8) is 0 Å². The zero-order chi connectivity index (χ0) is 18.1. The summed E-state index contributed by atoms with van der Waals surface area (Å²) in [6.07, 6.45) is 0. The van der Waals surface area contributed by atoms with Crippen molar-refractivity contribution >= 4 is 23.2 Å². The van der Waals surface area contributed by atoms with Gasteiger partial charge >= 0.3 is 0 Å². The maximum absolute atomic E-state index is 11.9. The third kappa shape index (κ3) is 5.96. The molecule has 0 unspecified atom stereocenters. The molecule has 3 N–H and O–H groups in total. The fourth-order valence-corrected chi connectivity index (χ4v) is 2.02. The fourth-order valence-electron chi connectivity index (χ4n) is 1.97. The van der Waals surface area contributed by atoms with Crippen LogP contribution in [0.25, 0.3) is 0 Å². The topological polar surface area (TPSA) is 71.6 Å². The molecule has 0 heterocycles. The van der Waals surface area contributed by atoms with Crippen LogP contribution >= 0.6 is 12.2 Å². The zero-order valence-corrected chi connectivity index (χ0v) is 15.0. The lowest BCUT2D eigenvalue weighted by atomic mass is 10.1. The van der Waals surface area contributed by atoms with Gasteiger partial charge in [-0.1, -0.05) is 12.1 Å². The molecule has 0 spiro atoms. The Morgan fingerprint density at radius 1 is 0.960 bits per heavy atom. The van der Waals surface area contributed by atoms with Gasteiger partial charge in [0.2, 0.25) is 0 Å². The summed E-state index contributed by atoms with van der Waals surface area (Å²) in [5.41, 5.74) is 6.58. The minimum Gasteiger partial charge on any atom is -0.494 e. The van der Waals surface area contributed by atoms with E-state index in [9.17, 15) is 4.79 Å². The molecule has 1 amide bonds. The second-order valence-electron chi connectivity index (χ2n) is 5.05. The third-order valence-electron chi connectivity index (χ3n) is 3.27. The highest BCUT2D eigenvalue weighted by molar-refractivity contribution is 7.80. The highest BCUT2D eigenvalue weighted by atomic mass is 32.1. The van der Waals surface area contributed by atoms with Crippen LogP contribution in [0.5, 0.6) is 11.5 Å². The first-order chi connectivity index (χ1) is 12.1. The lowest BCUT2D eigenvalue weighted by Crippen LogP contribution is -2.45. The van der Waals surface area contributed by atoms with E-state index in [1.54, 1.807) is 19.2 Å². The van der Waals surface area contributed by atoms with Crippen LogP contribution < -0.4 is 25.6 Å². The maximum atomic E-state index is 11.9. The van der Waals surface area contributed by atoms with E-state index in [0.717, 1.165) is 17.1 Å². The second kappa shape index (κ2) is 9.48. The molecular weight excluding hydrogens is 338 g/mol. The van der Waals surface area contributed by atoms with Crippen LogP contribution in [0, 0.1) is 0 Å². The quantitative estimate of drug-likeness (QED) is 0.543. The summed E-state index contributed by atoms with van der Waals surface area (Å²) in [6.45, 7) is 2.99. The van der Waals surface area contributed by atoms with Gasteiger partial charge in [0.1, 0.15) is 18.1 Å². The molecule has 6 nitrogen and oxygen atoms in total. The smallest absolute Gasteiger partial charge is 0.269 e. The number of ether oxygens (including phenoxy) is 2. The molecule has 2 aromatic rings. The highest BCUT2D eigenvalue weighted by Crippen LogP contribution is 2.18. The molecular formula is C18H21N3O3S. The first-order valence-electron chi connectivity index (χ1n) is 7.85. The van der Waals surface area contributed by atoms with Crippen LogP contribution in [-0.2, 0) is 6.61 Å². The van der Waals surface area contributed by atoms with Gasteiger partial charge in [0, 0.05) is 12.6 Å². The molecule has 2 aromatic carbocycles. The predicted octanol–water partition coefficient (Wildman–Crippen LogP) is 2.40. The Hall–Kier alpha value is -2.80. The zero-order valence-electron chi connectivity index (χ0n) is 14.2. The number of hydrazine groups is 1. The molecule has 0 aliphatic heterocycles. The van der Waals surface area contributed by atoms with Gasteiger partial charge in [-0.25, -0.2) is 0 Å². The van der Waals surface area contributed by atoms with E-state index < -0.39 is 0 Å². The van der Waals surface area contributed by atoms with Gasteiger partial charge in [0.25, 0.3) is 5.91 Å². The summed E-state index contributed by atoms with van der Waals surface area (Å²) in [4.78, 5) is 11.9. The number of nitrogens with one attached hydrogen (secondary N) is 3. The first kappa shape index (κ1) is 18.5. The Bertz CT molecular complexity index is 703. The van der Waals surface area contributed by atoms with Gasteiger partial charge < -0.3 is 14.8 Å². The molecule has 7 heteroatoms. The van der Waals surface area contributed by atoms with Crippen LogP contribution in [0.15, 0.2) is 48.5 Å². The number of thiocarbonyl (C=S) groups is 1. The van der Waals surface area contributed by atoms with Gasteiger partial charge in [0.15, 0.2) is 5.11 Å². The van der Waals surface area contributed by atoms with Gasteiger partial charge in [-0.2, -0.15) is 0 Å². The Balaban J connectivity index is 1.85. The van der Waals surface area contributed by atoms with Crippen LogP contribution in [0.1, 0.15) is 22.8 Å². The summed E-state index contributed by atoms with van der Waals surface area (Å²) < 4.78 is 11.1. The SMILES string of the molecule is CCOc1ccc(OCc2ccc(C(=O)NNC(=S)NC)cc2)cc1. The molecule has 2 rings (SSSR count). The normalized spacial score (nSPS) is 9.84. The molecule has 0 saturated carbocycles. The lowest BCUT2D eigenvalue weighted by Gasteiger charge is -2.10. The minimum absolute atomic E-state index is 0.267. The standard InChI is InChI=1S/C18H21N3O3S/c1-3-23-15-8-10-16(11-9-15)24-12-13-4-6-14(7-5-13)17(22)20-21-18(25)19-2/h4-11H,3,12H2,1-2H3,(H,20,22)(H2,19,21,25). The predicted molar refractivity (Wildman–Crippen MR) is 101 cm³/mol. The number of hydrogen-bond donors (Lipinski definition) is 3. The Labute approximate surface area is 152 Å². The third-order valence-corrected chi connectivity index (χ3v) is 3.58. The van der Waals surface area contributed by atoms with Crippen LogP contribution in [0.4, 0.5) is 0 Å². The van der Waals surface area contributed by atoms with E-state index in [2.05, 4.69) is 16.2 Å². The maximum Gasteiger partial charge on any atom is 0.269 e. The second-order valence-corrected chi connectivity index (χ2v) is 5.46. The van der Waals surface area contributed by atoms with E-state index in [-0.39, 0.29) is 5.91 Å². The van der Waals surface area contributed by atoms with Gasteiger partial charge in [-0.05, 0) is 61.1 Å². The molecule has 0 fully saturated rings. The number of carbonyl (C=O) groups excluding carboxylic acids is 1. The Kier molecular flexibility index (Phi) is 7.03. The Morgan fingerprint density at radius 2 is 1.56 bits per heavy atom. The average molecular weight is 359 g/mol. The van der Waals surface area contributed by atoms with Crippen molar-refractivity contribution < 1.29 is 14.3 Å². The van der Waals surface area contributed by atoms with Crippen LogP contribution in [0.2, 0.25) is 0 Å². The van der Waals surface area contributed by atoms with Gasteiger partial charge in [-0.3, -0.25) is 15.6 Å². The molecule has 0 aliphatic rings. The van der Waals surface area contributed by atoms with E-state index in [0.29, 0.717) is 23.9 Å². The van der Waals surface area contributed by atoms with Crippen molar-refractivity contribution in [1.82, 2.24) is 16.2 Å². The minimum atomic E-state index is -0.267. The largest absolute Gasteiger partial charge is 0.494 e. The number of amides is 1. The molecule has 0 bridgehead atoms. The summed E-state index contributed by atoms with van der Waals surface area (Å²) >= 11 is 4.89. The highest BCUT2D eigenvalue weighted by Gasteiger charge is 2.05. The van der Waals surface area contributed by atoms with Crippen molar-refractivity contribution in [2.45, 2.75) is 13.5 Å². The van der Waals surface area contributed by atoms with E-state index in [1.165, 1.54) is 0 Å². The van der Waals surface area contributed by atoms with Gasteiger partial charge in [0.05, 0.1) is 6.61 Å². The molecule has 0 atom stereocenters. The van der Waals surface area contributed by atoms with Crippen molar-refractivity contribution in [1.29, 1.82) is 0 Å². The molecule has 0 saturated heterocycles. The van der Waals surface area contributed by atoms with Crippen molar-refractivity contribution in [3.8, 4) is 11.5 Å². The molecule has 0 radical (unpaired) electrons. The summed E-state index contributed by atoms with van der Waals surface area (Å²) in [6, 6.07) is 14.6. The average Bonchev–Trinajstić information content (AvgIpc) is 2.66. The molecule has 0 aliphatic carbocycles. The number of hydrogen-bond acceptors (Lipinski definition) is 4. The molecule has 132 valence electrons. The van der Waals surface area contributed by atoms with Crippen molar-refractivity contribution in [2.24, 2.45) is 0 Å². The van der Waals surface area contributed by atoms with E-state index in [1.807, 2.05) is 43.3 Å². The Morgan fingerprint density at radius 3 is 2.12 bits per heavy atom. The van der Waals surface area contributed by atoms with E-state index in [4.69, 9.17) is 21.7 Å². The van der Waals surface area contributed by atoms with Crippen molar-refractivity contribution in [2.75, 3.05) is 13.7 Å². The monoisotopic (exact) mass is 359 g/mol. The van der Waals surface area contributed by atoms with Crippen molar-refractivity contribution in [3.05, 3.63) is 59.7 Å². The first-order valence-corrected chi connectivity index (χ1v) is 8.26. The number of benzene rings is 2. The molecule has 0 aromatic heterocycles. The van der Waals surface area contributed by atoms with Crippen LogP contribution in [-0.4, -0.2) is 24.7 Å². The fraction of sp³-hybridized carbons (Fsp3) is 0.222. The number of rotatable bonds is 6. The summed E-state index contributed by atoms with van der Waals surface area (Å²) in [5.74, 6) is 1.31. The number of carbonyl (C=O) groups is 1. The van der Waals surface area contributed by atoms with Gasteiger partial charge in [-0.15, -0.1) is 0 Å². The van der Waals surface area contributed by atoms with E-state index >= 15 is 0 Å².